The van der Waals surface area contributed by atoms with E-state index in [0.717, 1.165) is 17.3 Å². The number of fused-ring (bicyclic) bond motifs is 1. The minimum Gasteiger partial charge on any atom is -0.484 e. The summed E-state index contributed by atoms with van der Waals surface area (Å²) in [5.74, 6) is 0.604. The van der Waals surface area contributed by atoms with Crippen LogP contribution in [0.3, 0.4) is 0 Å². The molecule has 1 aliphatic rings. The molecule has 0 spiro atoms. The molecule has 0 aromatic heterocycles. The average Bonchev–Trinajstić information content (AvgIpc) is 3.24. The summed E-state index contributed by atoms with van der Waals surface area (Å²) in [5, 5.41) is 5.26. The fourth-order valence-corrected chi connectivity index (χ4v) is 3.72. The van der Waals surface area contributed by atoms with Gasteiger partial charge in [0, 0.05) is 13.1 Å². The number of nitrogens with zero attached hydrogens (tertiary/aromatic N) is 1. The van der Waals surface area contributed by atoms with Crippen LogP contribution in [-0.2, 0) is 17.9 Å². The van der Waals surface area contributed by atoms with Crippen molar-refractivity contribution in [1.82, 2.24) is 10.2 Å². The monoisotopic (exact) mass is 374 g/mol. The molecule has 0 radical (unpaired) electrons. The summed E-state index contributed by atoms with van der Waals surface area (Å²) in [4.78, 5) is 14.7. The van der Waals surface area contributed by atoms with Gasteiger partial charge < -0.3 is 10.1 Å². The molecule has 0 atom stereocenters. The van der Waals surface area contributed by atoms with Crippen molar-refractivity contribution in [2.45, 2.75) is 25.9 Å². The number of hydrogen-bond donors (Lipinski definition) is 1. The van der Waals surface area contributed by atoms with Crippen LogP contribution in [0.4, 0.5) is 0 Å². The molecule has 3 aromatic carbocycles. The number of benzene rings is 3. The van der Waals surface area contributed by atoms with Crippen LogP contribution in [0.5, 0.6) is 5.75 Å². The van der Waals surface area contributed by atoms with Crippen molar-refractivity contribution in [2.24, 2.45) is 0 Å². The van der Waals surface area contributed by atoms with Gasteiger partial charge in [-0.25, -0.2) is 0 Å². The Kier molecular flexibility index (Phi) is 5.88. The summed E-state index contributed by atoms with van der Waals surface area (Å²) in [6.07, 6.45) is 2.57. The highest BCUT2D eigenvalue weighted by Crippen LogP contribution is 2.20. The van der Waals surface area contributed by atoms with Gasteiger partial charge >= 0.3 is 0 Å². The topological polar surface area (TPSA) is 41.6 Å². The van der Waals surface area contributed by atoms with Gasteiger partial charge in [0.25, 0.3) is 5.91 Å². The third-order valence-electron chi connectivity index (χ3n) is 5.28. The minimum atomic E-state index is -0.107. The predicted octanol–water partition coefficient (Wildman–Crippen LogP) is 4.13. The van der Waals surface area contributed by atoms with Gasteiger partial charge in [-0.2, -0.15) is 0 Å². The van der Waals surface area contributed by atoms with E-state index in [1.54, 1.807) is 0 Å². The van der Waals surface area contributed by atoms with Gasteiger partial charge in [0.15, 0.2) is 6.61 Å². The van der Waals surface area contributed by atoms with Gasteiger partial charge in [0.1, 0.15) is 5.75 Å². The Hall–Kier alpha value is -2.85. The lowest BCUT2D eigenvalue weighted by Gasteiger charge is -2.17. The number of carbonyl (C=O) groups excluding carboxylic acids is 1. The molecule has 1 saturated heterocycles. The van der Waals surface area contributed by atoms with Crippen LogP contribution in [0.2, 0.25) is 0 Å². The minimum absolute atomic E-state index is 0.0205. The van der Waals surface area contributed by atoms with E-state index in [2.05, 4.69) is 34.5 Å². The molecule has 0 aliphatic carbocycles. The van der Waals surface area contributed by atoms with Crippen molar-refractivity contribution in [1.29, 1.82) is 0 Å². The van der Waals surface area contributed by atoms with Crippen molar-refractivity contribution in [3.8, 4) is 5.75 Å². The van der Waals surface area contributed by atoms with Crippen LogP contribution < -0.4 is 10.1 Å². The first-order valence-corrected chi connectivity index (χ1v) is 9.95. The van der Waals surface area contributed by atoms with Crippen LogP contribution in [0.25, 0.3) is 10.8 Å². The van der Waals surface area contributed by atoms with E-state index in [9.17, 15) is 4.79 Å². The lowest BCUT2D eigenvalue weighted by Crippen LogP contribution is -2.29. The van der Waals surface area contributed by atoms with Crippen LogP contribution in [0.1, 0.15) is 24.0 Å². The molecule has 144 valence electrons. The SMILES string of the molecule is O=C(COc1ccc2ccccc2c1)NCc1ccccc1CN1CCCC1. The zero-order valence-corrected chi connectivity index (χ0v) is 16.1. The summed E-state index contributed by atoms with van der Waals surface area (Å²) < 4.78 is 5.68. The molecule has 28 heavy (non-hydrogen) atoms. The quantitative estimate of drug-likeness (QED) is 0.676. The first kappa shape index (κ1) is 18.5. The second kappa shape index (κ2) is 8.89. The maximum Gasteiger partial charge on any atom is 0.258 e. The molecule has 1 fully saturated rings. The van der Waals surface area contributed by atoms with Gasteiger partial charge in [-0.3, -0.25) is 9.69 Å². The van der Waals surface area contributed by atoms with Gasteiger partial charge in [-0.1, -0.05) is 54.6 Å². The Labute approximate surface area is 166 Å². The first-order chi connectivity index (χ1) is 13.8. The zero-order valence-electron chi connectivity index (χ0n) is 16.1. The number of amides is 1. The Morgan fingerprint density at radius 1 is 0.893 bits per heavy atom. The van der Waals surface area contributed by atoms with E-state index in [0.29, 0.717) is 12.3 Å². The highest BCUT2D eigenvalue weighted by Gasteiger charge is 2.14. The highest BCUT2D eigenvalue weighted by molar-refractivity contribution is 5.84. The molecule has 3 aromatic rings. The normalized spacial score (nSPS) is 14.3. The van der Waals surface area contributed by atoms with Crippen LogP contribution in [-0.4, -0.2) is 30.5 Å². The summed E-state index contributed by atoms with van der Waals surface area (Å²) in [6.45, 7) is 3.84. The molecule has 0 unspecified atom stereocenters. The molecule has 0 bridgehead atoms. The number of carbonyl (C=O) groups is 1. The number of ether oxygens (including phenoxy) is 1. The Morgan fingerprint density at radius 2 is 1.61 bits per heavy atom. The fourth-order valence-electron chi connectivity index (χ4n) is 3.72. The maximum absolute atomic E-state index is 12.3. The van der Waals surface area contributed by atoms with Crippen molar-refractivity contribution in [3.63, 3.8) is 0 Å². The van der Waals surface area contributed by atoms with E-state index < -0.39 is 0 Å². The Bertz CT molecular complexity index is 948. The molecule has 1 N–H and O–H groups in total. The molecule has 4 nitrogen and oxygen atoms in total. The van der Waals surface area contributed by atoms with Gasteiger partial charge in [0.05, 0.1) is 0 Å². The molecular formula is C24H26N2O2. The second-order valence-corrected chi connectivity index (χ2v) is 7.33. The van der Waals surface area contributed by atoms with Crippen molar-refractivity contribution in [2.75, 3.05) is 19.7 Å². The van der Waals surface area contributed by atoms with Crippen molar-refractivity contribution in [3.05, 3.63) is 77.9 Å². The fraction of sp³-hybridized carbons (Fsp3) is 0.292. The van der Waals surface area contributed by atoms with Crippen LogP contribution in [0, 0.1) is 0 Å². The number of likely N-dealkylation sites (tertiary alicyclic amines) is 1. The van der Waals surface area contributed by atoms with Gasteiger partial charge in [-0.05, 0) is 60.0 Å². The standard InChI is InChI=1S/C24H26N2O2/c27-24(18-28-23-12-11-19-7-1-2-8-20(19)15-23)25-16-21-9-3-4-10-22(21)17-26-13-5-6-14-26/h1-4,7-12,15H,5-6,13-14,16-18H2,(H,25,27). The smallest absolute Gasteiger partial charge is 0.258 e. The molecule has 4 heteroatoms. The third-order valence-corrected chi connectivity index (χ3v) is 5.28. The molecule has 1 amide bonds. The zero-order chi connectivity index (χ0) is 19.2. The molecular weight excluding hydrogens is 348 g/mol. The molecule has 0 saturated carbocycles. The molecule has 1 aliphatic heterocycles. The van der Waals surface area contributed by atoms with Gasteiger partial charge in [-0.15, -0.1) is 0 Å². The third kappa shape index (κ3) is 4.70. The first-order valence-electron chi connectivity index (χ1n) is 9.95. The van der Waals surface area contributed by atoms with E-state index >= 15 is 0 Å². The number of nitrogens with one attached hydrogen (secondary N) is 1. The second-order valence-electron chi connectivity index (χ2n) is 7.33. The molecule has 4 rings (SSSR count). The Balaban J connectivity index is 1.30. The summed E-state index contributed by atoms with van der Waals surface area (Å²) in [7, 11) is 0. The number of hydrogen-bond acceptors (Lipinski definition) is 3. The lowest BCUT2D eigenvalue weighted by molar-refractivity contribution is -0.123. The van der Waals surface area contributed by atoms with E-state index in [-0.39, 0.29) is 12.5 Å². The van der Waals surface area contributed by atoms with E-state index in [1.807, 2.05) is 42.5 Å². The summed E-state index contributed by atoms with van der Waals surface area (Å²) in [5.41, 5.74) is 2.47. The van der Waals surface area contributed by atoms with E-state index in [1.165, 1.54) is 37.1 Å². The van der Waals surface area contributed by atoms with Crippen molar-refractivity contribution >= 4 is 16.7 Å². The van der Waals surface area contributed by atoms with E-state index in [4.69, 9.17) is 4.74 Å². The average molecular weight is 374 g/mol. The Morgan fingerprint density at radius 3 is 2.43 bits per heavy atom. The van der Waals surface area contributed by atoms with Crippen molar-refractivity contribution < 1.29 is 9.53 Å². The highest BCUT2D eigenvalue weighted by atomic mass is 16.5. The van der Waals surface area contributed by atoms with Gasteiger partial charge in [0.2, 0.25) is 0 Å². The van der Waals surface area contributed by atoms with Crippen LogP contribution in [0.15, 0.2) is 66.7 Å². The predicted molar refractivity (Wildman–Crippen MR) is 112 cm³/mol. The largest absolute Gasteiger partial charge is 0.484 e. The van der Waals surface area contributed by atoms with Crippen LogP contribution >= 0.6 is 0 Å². The maximum atomic E-state index is 12.3. The summed E-state index contributed by atoms with van der Waals surface area (Å²) >= 11 is 0. The molecule has 1 heterocycles. The number of rotatable bonds is 7. The lowest BCUT2D eigenvalue weighted by atomic mass is 10.1. The summed E-state index contributed by atoms with van der Waals surface area (Å²) in [6, 6.07) is 22.3.